The number of aliphatic carboxylic acids is 1. The van der Waals surface area contributed by atoms with Crippen molar-refractivity contribution in [2.24, 2.45) is 5.92 Å². The number of carboxylic acid groups (broad SMARTS) is 1. The van der Waals surface area contributed by atoms with E-state index in [0.717, 1.165) is 32.1 Å². The predicted molar refractivity (Wildman–Crippen MR) is 121 cm³/mol. The topological polar surface area (TPSA) is 108 Å². The number of hydrogen-bond donors (Lipinski definition) is 3. The van der Waals surface area contributed by atoms with Gasteiger partial charge >= 0.3 is 12.1 Å². The van der Waals surface area contributed by atoms with Crippen molar-refractivity contribution in [3.63, 3.8) is 0 Å². The Morgan fingerprint density at radius 2 is 2.00 bits per heavy atom. The Labute approximate surface area is 190 Å². The van der Waals surface area contributed by atoms with Crippen LogP contribution in [0.15, 0.2) is 24.4 Å². The lowest BCUT2D eigenvalue weighted by atomic mass is 10.0. The molecule has 2 aliphatic heterocycles. The van der Waals surface area contributed by atoms with E-state index in [1.165, 1.54) is 0 Å². The number of fused-ring (bicyclic) bond motifs is 2. The Balaban J connectivity index is 1.79. The molecule has 3 N–H and O–H groups in total. The summed E-state index contributed by atoms with van der Waals surface area (Å²) >= 11 is 0. The summed E-state index contributed by atoms with van der Waals surface area (Å²) in [7, 11) is 0. The van der Waals surface area contributed by atoms with Gasteiger partial charge in [0.05, 0.1) is 6.04 Å². The van der Waals surface area contributed by atoms with E-state index in [4.69, 9.17) is 4.74 Å². The van der Waals surface area contributed by atoms with E-state index < -0.39 is 29.2 Å². The highest BCUT2D eigenvalue weighted by Crippen LogP contribution is 2.46. The molecule has 2 heterocycles. The first-order valence-electron chi connectivity index (χ1n) is 11.7. The molecule has 0 unspecified atom stereocenters. The molecule has 0 aromatic carbocycles. The summed E-state index contributed by atoms with van der Waals surface area (Å²) in [6.45, 7) is 10.0. The highest BCUT2D eigenvalue weighted by molar-refractivity contribution is 5.87. The number of nitrogens with one attached hydrogen (secondary N) is 2. The molecular weight excluding hydrogens is 410 g/mol. The van der Waals surface area contributed by atoms with Gasteiger partial charge in [0.2, 0.25) is 5.91 Å². The van der Waals surface area contributed by atoms with E-state index in [9.17, 15) is 19.5 Å². The molecule has 178 valence electrons. The fourth-order valence-corrected chi connectivity index (χ4v) is 4.68. The van der Waals surface area contributed by atoms with Crippen LogP contribution < -0.4 is 10.6 Å². The van der Waals surface area contributed by atoms with Gasteiger partial charge in [-0.2, -0.15) is 0 Å². The molecule has 0 bridgehead atoms. The summed E-state index contributed by atoms with van der Waals surface area (Å²) in [5.41, 5.74) is -1.14. The van der Waals surface area contributed by atoms with Crippen molar-refractivity contribution in [3.05, 3.63) is 24.4 Å². The van der Waals surface area contributed by atoms with Gasteiger partial charge in [0.25, 0.3) is 0 Å². The van der Waals surface area contributed by atoms with Crippen LogP contribution in [0, 0.1) is 5.92 Å². The van der Waals surface area contributed by atoms with Crippen molar-refractivity contribution in [3.8, 4) is 0 Å². The zero-order chi connectivity index (χ0) is 23.5. The largest absolute Gasteiger partial charge is 0.479 e. The normalized spacial score (nSPS) is 32.5. The van der Waals surface area contributed by atoms with Crippen LogP contribution in [0.4, 0.5) is 4.79 Å². The van der Waals surface area contributed by atoms with Crippen LogP contribution in [0.1, 0.15) is 72.1 Å². The van der Waals surface area contributed by atoms with Gasteiger partial charge in [0.15, 0.2) is 0 Å². The summed E-state index contributed by atoms with van der Waals surface area (Å²) in [5, 5.41) is 15.8. The molecule has 0 aromatic rings. The number of ether oxygens (including phenoxy) is 1. The minimum absolute atomic E-state index is 0.0750. The smallest absolute Gasteiger partial charge is 0.408 e. The molecule has 1 aliphatic carbocycles. The zero-order valence-electron chi connectivity index (χ0n) is 19.5. The molecule has 0 spiro atoms. The standard InChI is InChI=1S/C24H37N3O5/c1-16-19-13-10-14-27(19)20(28)18(25-22(31)32-23(2,3)4)12-9-7-5-6-8-11-17-15-24(17,26-16)21(29)30/h8,11,17-19,26H,1,5-7,9-10,12-15H2,2-4H3,(H,25,31)(H,29,30)/b11-8-/t17-,18+,19+,24-/m1/s1. The zero-order valence-corrected chi connectivity index (χ0v) is 19.5. The second-order valence-electron chi connectivity index (χ2n) is 10.2. The highest BCUT2D eigenvalue weighted by atomic mass is 16.6. The van der Waals surface area contributed by atoms with Crippen molar-refractivity contribution < 1.29 is 24.2 Å². The Kier molecular flexibility index (Phi) is 7.20. The lowest BCUT2D eigenvalue weighted by Gasteiger charge is -2.32. The van der Waals surface area contributed by atoms with E-state index in [1.807, 2.05) is 6.08 Å². The van der Waals surface area contributed by atoms with Crippen molar-refractivity contribution in [2.45, 2.75) is 95.4 Å². The molecule has 32 heavy (non-hydrogen) atoms. The number of hydrogen-bond acceptors (Lipinski definition) is 5. The van der Waals surface area contributed by atoms with E-state index in [2.05, 4.69) is 23.3 Å². The molecule has 3 aliphatic rings. The summed E-state index contributed by atoms with van der Waals surface area (Å²) in [4.78, 5) is 39.6. The maximum atomic E-state index is 13.5. The van der Waals surface area contributed by atoms with E-state index in [-0.39, 0.29) is 17.9 Å². The molecule has 4 atom stereocenters. The van der Waals surface area contributed by atoms with Crippen LogP contribution in [0.3, 0.4) is 0 Å². The average molecular weight is 448 g/mol. The molecule has 8 nitrogen and oxygen atoms in total. The summed E-state index contributed by atoms with van der Waals surface area (Å²) < 4.78 is 5.38. The number of alkyl carbamates (subject to hydrolysis) is 1. The number of carbonyl (C=O) groups is 3. The fourth-order valence-electron chi connectivity index (χ4n) is 4.68. The molecular formula is C24H37N3O5. The van der Waals surface area contributed by atoms with Crippen LogP contribution in [0.2, 0.25) is 0 Å². The van der Waals surface area contributed by atoms with Gasteiger partial charge in [-0.3, -0.25) is 4.79 Å². The second-order valence-corrected chi connectivity index (χ2v) is 10.2. The third kappa shape index (κ3) is 5.64. The summed E-state index contributed by atoms with van der Waals surface area (Å²) in [6, 6.07) is -0.974. The summed E-state index contributed by atoms with van der Waals surface area (Å²) in [5.74, 6) is -1.13. The third-order valence-corrected chi connectivity index (χ3v) is 6.44. The van der Waals surface area contributed by atoms with Gasteiger partial charge in [0, 0.05) is 18.2 Å². The first kappa shape index (κ1) is 24.1. The van der Waals surface area contributed by atoms with Crippen molar-refractivity contribution in [2.75, 3.05) is 6.54 Å². The lowest BCUT2D eigenvalue weighted by molar-refractivity contribution is -0.140. The Bertz CT molecular complexity index is 787. The number of carboxylic acids is 1. The molecule has 0 aromatic heterocycles. The molecule has 3 rings (SSSR count). The van der Waals surface area contributed by atoms with Crippen molar-refractivity contribution in [1.29, 1.82) is 0 Å². The number of allylic oxidation sites excluding steroid dienone is 1. The van der Waals surface area contributed by atoms with Gasteiger partial charge in [-0.25, -0.2) is 9.59 Å². The first-order chi connectivity index (χ1) is 15.0. The number of amides is 2. The number of nitrogens with zero attached hydrogens (tertiary/aromatic N) is 1. The highest BCUT2D eigenvalue weighted by Gasteiger charge is 2.60. The predicted octanol–water partition coefficient (Wildman–Crippen LogP) is 3.34. The molecule has 1 saturated heterocycles. The summed E-state index contributed by atoms with van der Waals surface area (Å²) in [6.07, 6.45) is 9.56. The van der Waals surface area contributed by atoms with E-state index in [0.29, 0.717) is 31.5 Å². The fraction of sp³-hybridized carbons (Fsp3) is 0.708. The van der Waals surface area contributed by atoms with Gasteiger partial charge in [-0.15, -0.1) is 0 Å². The lowest BCUT2D eigenvalue weighted by Crippen LogP contribution is -2.53. The monoisotopic (exact) mass is 447 g/mol. The Morgan fingerprint density at radius 1 is 1.25 bits per heavy atom. The number of rotatable bonds is 2. The van der Waals surface area contributed by atoms with Gasteiger partial charge in [0.1, 0.15) is 17.2 Å². The van der Waals surface area contributed by atoms with Crippen LogP contribution in [-0.2, 0) is 14.3 Å². The van der Waals surface area contributed by atoms with Gasteiger partial charge in [-0.05, 0) is 59.3 Å². The van der Waals surface area contributed by atoms with Crippen LogP contribution >= 0.6 is 0 Å². The van der Waals surface area contributed by atoms with Crippen LogP contribution in [0.5, 0.6) is 0 Å². The first-order valence-corrected chi connectivity index (χ1v) is 11.7. The van der Waals surface area contributed by atoms with Crippen molar-refractivity contribution in [1.82, 2.24) is 15.5 Å². The number of carbonyl (C=O) groups excluding carboxylic acids is 2. The SMILES string of the molecule is C=C1N[C@]2(C(=O)O)C[C@H]2/C=C\CCCCC[C@H](NC(=O)OC(C)(C)C)C(=O)N2CCC[C@@H]12. The van der Waals surface area contributed by atoms with Gasteiger partial charge < -0.3 is 25.4 Å². The maximum Gasteiger partial charge on any atom is 0.408 e. The second kappa shape index (κ2) is 9.55. The minimum atomic E-state index is -1.04. The van der Waals surface area contributed by atoms with Crippen LogP contribution in [0.25, 0.3) is 0 Å². The molecule has 2 fully saturated rings. The van der Waals surface area contributed by atoms with E-state index in [1.54, 1.807) is 25.7 Å². The maximum absolute atomic E-state index is 13.5. The Morgan fingerprint density at radius 3 is 2.69 bits per heavy atom. The average Bonchev–Trinajstić information content (AvgIpc) is 3.16. The van der Waals surface area contributed by atoms with E-state index >= 15 is 0 Å². The molecule has 1 saturated carbocycles. The van der Waals surface area contributed by atoms with Gasteiger partial charge in [-0.1, -0.05) is 31.6 Å². The molecule has 8 heteroatoms. The van der Waals surface area contributed by atoms with Crippen molar-refractivity contribution >= 4 is 18.0 Å². The quantitative estimate of drug-likeness (QED) is 0.561. The molecule has 0 radical (unpaired) electrons. The molecule has 2 amide bonds. The minimum Gasteiger partial charge on any atom is -0.479 e. The van der Waals surface area contributed by atoms with Crippen LogP contribution in [-0.4, -0.2) is 57.7 Å². The third-order valence-electron chi connectivity index (χ3n) is 6.44. The Hall–Kier alpha value is -2.51.